The largest absolute Gasteiger partial charge is 0.321 e. The van der Waals surface area contributed by atoms with Crippen molar-refractivity contribution in [2.24, 2.45) is 4.99 Å². The highest BCUT2D eigenvalue weighted by atomic mass is 16.2. The molecule has 1 amide bonds. The van der Waals surface area contributed by atoms with Crippen molar-refractivity contribution < 1.29 is 4.79 Å². The van der Waals surface area contributed by atoms with E-state index in [2.05, 4.69) is 4.99 Å². The summed E-state index contributed by atoms with van der Waals surface area (Å²) in [6.07, 6.45) is 1.33. The molecule has 0 atom stereocenters. The fourth-order valence-corrected chi connectivity index (χ4v) is 0.410. The Morgan fingerprint density at radius 2 is 2.71 bits per heavy atom. The SMILES string of the molecule is CN1CN=CC1=O. The zero-order chi connectivity index (χ0) is 5.28. The van der Waals surface area contributed by atoms with E-state index in [0.717, 1.165) is 0 Å². The number of rotatable bonds is 0. The van der Waals surface area contributed by atoms with Gasteiger partial charge in [0.1, 0.15) is 6.67 Å². The van der Waals surface area contributed by atoms with E-state index in [1.54, 1.807) is 11.9 Å². The molecule has 0 unspecified atom stereocenters. The van der Waals surface area contributed by atoms with Gasteiger partial charge in [-0.05, 0) is 0 Å². The van der Waals surface area contributed by atoms with Crippen LogP contribution in [-0.2, 0) is 4.79 Å². The Kier molecular flexibility index (Phi) is 0.817. The van der Waals surface area contributed by atoms with Crippen LogP contribution in [0.15, 0.2) is 4.99 Å². The summed E-state index contributed by atoms with van der Waals surface area (Å²) in [4.78, 5) is 15.6. The maximum atomic E-state index is 10.4. The molecule has 1 rings (SSSR count). The quantitative estimate of drug-likeness (QED) is 0.401. The third-order valence-corrected chi connectivity index (χ3v) is 0.872. The van der Waals surface area contributed by atoms with Crippen LogP contribution in [0.3, 0.4) is 0 Å². The van der Waals surface area contributed by atoms with E-state index < -0.39 is 0 Å². The number of carbonyl (C=O) groups excluding carboxylic acids is 1. The van der Waals surface area contributed by atoms with Crippen LogP contribution in [-0.4, -0.2) is 30.7 Å². The maximum absolute atomic E-state index is 10.4. The third-order valence-electron chi connectivity index (χ3n) is 0.872. The van der Waals surface area contributed by atoms with Crippen molar-refractivity contribution in [2.75, 3.05) is 13.7 Å². The van der Waals surface area contributed by atoms with Gasteiger partial charge >= 0.3 is 0 Å². The lowest BCUT2D eigenvalue weighted by molar-refractivity contribution is -0.121. The second-order valence-electron chi connectivity index (χ2n) is 1.49. The number of amides is 1. The van der Waals surface area contributed by atoms with Crippen LogP contribution in [0.1, 0.15) is 0 Å². The van der Waals surface area contributed by atoms with Gasteiger partial charge in [-0.15, -0.1) is 0 Å². The zero-order valence-corrected chi connectivity index (χ0v) is 4.09. The van der Waals surface area contributed by atoms with Gasteiger partial charge < -0.3 is 4.90 Å². The summed E-state index contributed by atoms with van der Waals surface area (Å²) in [5.74, 6) is 0.000000000000000222. The molecular weight excluding hydrogens is 92.1 g/mol. The van der Waals surface area contributed by atoms with E-state index in [4.69, 9.17) is 0 Å². The molecule has 3 nitrogen and oxygen atoms in total. The average Bonchev–Trinajstić information content (AvgIpc) is 1.91. The van der Waals surface area contributed by atoms with Crippen molar-refractivity contribution in [2.45, 2.75) is 0 Å². The van der Waals surface area contributed by atoms with Crippen LogP contribution >= 0.6 is 0 Å². The van der Waals surface area contributed by atoms with Crippen LogP contribution in [0.25, 0.3) is 0 Å². The van der Waals surface area contributed by atoms with E-state index in [0.29, 0.717) is 6.67 Å². The lowest BCUT2D eigenvalue weighted by Gasteiger charge is -2.01. The molecule has 0 aliphatic carbocycles. The standard InChI is InChI=1S/C4H6N2O/c1-6-3-5-2-4(6)7/h2H,3H2,1H3. The minimum atomic E-state index is 0.000000000000000222. The summed E-state index contributed by atoms with van der Waals surface area (Å²) in [6.45, 7) is 0.527. The van der Waals surface area contributed by atoms with Crippen molar-refractivity contribution >= 4 is 12.1 Å². The third kappa shape index (κ3) is 0.607. The first-order valence-corrected chi connectivity index (χ1v) is 2.05. The lowest BCUT2D eigenvalue weighted by atomic mass is 10.6. The first kappa shape index (κ1) is 4.30. The fraction of sp³-hybridized carbons (Fsp3) is 0.500. The molecule has 7 heavy (non-hydrogen) atoms. The molecule has 0 aromatic rings. The Bertz CT molecular complexity index is 119. The van der Waals surface area contributed by atoms with Crippen LogP contribution in [0.2, 0.25) is 0 Å². The Balaban J connectivity index is 2.62. The molecule has 3 heteroatoms. The van der Waals surface area contributed by atoms with Gasteiger partial charge in [0.05, 0.1) is 6.21 Å². The highest BCUT2D eigenvalue weighted by molar-refractivity contribution is 6.27. The predicted molar refractivity (Wildman–Crippen MR) is 26.1 cm³/mol. The summed E-state index contributed by atoms with van der Waals surface area (Å²) in [6, 6.07) is 0. The molecule has 0 aromatic carbocycles. The van der Waals surface area contributed by atoms with Crippen molar-refractivity contribution in [3.63, 3.8) is 0 Å². The number of nitrogens with zero attached hydrogens (tertiary/aromatic N) is 2. The summed E-state index contributed by atoms with van der Waals surface area (Å²) >= 11 is 0. The molecule has 0 saturated carbocycles. The smallest absolute Gasteiger partial charge is 0.265 e. The first-order chi connectivity index (χ1) is 3.30. The van der Waals surface area contributed by atoms with Gasteiger partial charge in [0.15, 0.2) is 0 Å². The van der Waals surface area contributed by atoms with Crippen LogP contribution in [0, 0.1) is 0 Å². The van der Waals surface area contributed by atoms with Gasteiger partial charge in [0, 0.05) is 7.05 Å². The molecule has 1 aliphatic rings. The Hall–Kier alpha value is -0.860. The van der Waals surface area contributed by atoms with E-state index >= 15 is 0 Å². The summed E-state index contributed by atoms with van der Waals surface area (Å²) in [5.41, 5.74) is 0. The summed E-state index contributed by atoms with van der Waals surface area (Å²) < 4.78 is 0. The molecule has 0 fully saturated rings. The van der Waals surface area contributed by atoms with E-state index in [-0.39, 0.29) is 5.91 Å². The molecule has 0 saturated heterocycles. The number of hydrogen-bond donors (Lipinski definition) is 0. The molecule has 0 spiro atoms. The van der Waals surface area contributed by atoms with Crippen molar-refractivity contribution in [3.8, 4) is 0 Å². The Morgan fingerprint density at radius 1 is 2.00 bits per heavy atom. The minimum Gasteiger partial charge on any atom is -0.321 e. The molecule has 0 bridgehead atoms. The van der Waals surface area contributed by atoms with Crippen LogP contribution in [0.5, 0.6) is 0 Å². The fourth-order valence-electron chi connectivity index (χ4n) is 0.410. The van der Waals surface area contributed by atoms with Gasteiger partial charge in [0.25, 0.3) is 5.91 Å². The molecule has 0 radical (unpaired) electrons. The Morgan fingerprint density at radius 3 is 2.86 bits per heavy atom. The van der Waals surface area contributed by atoms with Crippen molar-refractivity contribution in [1.29, 1.82) is 0 Å². The monoisotopic (exact) mass is 98.0 g/mol. The van der Waals surface area contributed by atoms with Gasteiger partial charge in [-0.2, -0.15) is 0 Å². The van der Waals surface area contributed by atoms with Gasteiger partial charge in [0.2, 0.25) is 0 Å². The molecule has 0 aromatic heterocycles. The van der Waals surface area contributed by atoms with Gasteiger partial charge in [-0.3, -0.25) is 9.79 Å². The Labute approximate surface area is 41.6 Å². The normalized spacial score (nSPS) is 19.0. The average molecular weight is 98.1 g/mol. The highest BCUT2D eigenvalue weighted by Crippen LogP contribution is 1.88. The van der Waals surface area contributed by atoms with E-state index in [9.17, 15) is 4.79 Å². The lowest BCUT2D eigenvalue weighted by Crippen LogP contribution is -2.20. The number of carbonyl (C=O) groups is 1. The van der Waals surface area contributed by atoms with Gasteiger partial charge in [-0.25, -0.2) is 0 Å². The molecule has 0 N–H and O–H groups in total. The maximum Gasteiger partial charge on any atom is 0.265 e. The first-order valence-electron chi connectivity index (χ1n) is 2.05. The zero-order valence-electron chi connectivity index (χ0n) is 4.09. The second kappa shape index (κ2) is 1.33. The number of aliphatic imine (C=N–C) groups is 1. The van der Waals surface area contributed by atoms with Crippen LogP contribution < -0.4 is 0 Å². The highest BCUT2D eigenvalue weighted by Gasteiger charge is 2.08. The van der Waals surface area contributed by atoms with E-state index in [1.165, 1.54) is 6.21 Å². The summed E-state index contributed by atoms with van der Waals surface area (Å²) in [7, 11) is 1.72. The second-order valence-corrected chi connectivity index (χ2v) is 1.49. The van der Waals surface area contributed by atoms with E-state index in [1.807, 2.05) is 0 Å². The topological polar surface area (TPSA) is 32.7 Å². The van der Waals surface area contributed by atoms with Gasteiger partial charge in [-0.1, -0.05) is 0 Å². The minimum absolute atomic E-state index is 0.000000000000000222. The number of hydrogen-bond acceptors (Lipinski definition) is 2. The molecule has 38 valence electrons. The van der Waals surface area contributed by atoms with Crippen molar-refractivity contribution in [1.82, 2.24) is 4.90 Å². The predicted octanol–water partition coefficient (Wildman–Crippen LogP) is -0.513. The summed E-state index contributed by atoms with van der Waals surface area (Å²) in [5, 5.41) is 0. The molecular formula is C4H6N2O. The van der Waals surface area contributed by atoms with Crippen molar-refractivity contribution in [3.05, 3.63) is 0 Å². The van der Waals surface area contributed by atoms with Crippen LogP contribution in [0.4, 0.5) is 0 Å². The molecule has 1 heterocycles. The molecule has 1 aliphatic heterocycles.